The first-order chi connectivity index (χ1) is 7.24. The van der Waals surface area contributed by atoms with Crippen LogP contribution in [-0.4, -0.2) is 28.9 Å². The van der Waals surface area contributed by atoms with Gasteiger partial charge >= 0.3 is 0 Å². The average Bonchev–Trinajstić information content (AvgIpc) is 2.27. The number of aromatic nitrogens is 1. The van der Waals surface area contributed by atoms with Gasteiger partial charge in [-0.05, 0) is 25.1 Å². The summed E-state index contributed by atoms with van der Waals surface area (Å²) in [7, 11) is 1.80. The van der Waals surface area contributed by atoms with E-state index in [0.717, 1.165) is 5.56 Å². The Kier molecular flexibility index (Phi) is 4.98. The molecule has 0 spiro atoms. The Labute approximate surface area is 93.9 Å². The zero-order valence-corrected chi connectivity index (χ0v) is 9.33. The van der Waals surface area contributed by atoms with Gasteiger partial charge in [-0.1, -0.05) is 11.6 Å². The Morgan fingerprint density at radius 3 is 2.80 bits per heavy atom. The number of aliphatic hydroxyl groups is 2. The molecule has 0 aliphatic carbocycles. The van der Waals surface area contributed by atoms with E-state index in [0.29, 0.717) is 17.1 Å². The molecule has 0 saturated carbocycles. The Hall–Kier alpha value is -0.680. The minimum atomic E-state index is -0.178. The van der Waals surface area contributed by atoms with Crippen molar-refractivity contribution in [1.29, 1.82) is 0 Å². The molecule has 1 aromatic heterocycles. The third kappa shape index (κ3) is 2.89. The van der Waals surface area contributed by atoms with Crippen molar-refractivity contribution in [1.82, 2.24) is 10.3 Å². The van der Waals surface area contributed by atoms with E-state index in [2.05, 4.69) is 10.3 Å². The fourth-order valence-corrected chi connectivity index (χ4v) is 1.77. The van der Waals surface area contributed by atoms with Gasteiger partial charge in [0.05, 0.1) is 17.3 Å². The Morgan fingerprint density at radius 1 is 1.53 bits per heavy atom. The van der Waals surface area contributed by atoms with Crippen molar-refractivity contribution < 1.29 is 10.2 Å². The van der Waals surface area contributed by atoms with Crippen LogP contribution in [0.25, 0.3) is 0 Å². The van der Waals surface area contributed by atoms with E-state index in [4.69, 9.17) is 21.8 Å². The first-order valence-electron chi connectivity index (χ1n) is 4.76. The number of rotatable bonds is 5. The predicted molar refractivity (Wildman–Crippen MR) is 58.7 cm³/mol. The number of hydrogen-bond donors (Lipinski definition) is 3. The molecule has 5 heteroatoms. The quantitative estimate of drug-likeness (QED) is 0.703. The third-order valence-corrected chi connectivity index (χ3v) is 2.72. The molecule has 0 amide bonds. The predicted octanol–water partition coefficient (Wildman–Crippen LogP) is 0.870. The van der Waals surface area contributed by atoms with Crippen LogP contribution in [0, 0.1) is 0 Å². The Morgan fingerprint density at radius 2 is 2.27 bits per heavy atom. The molecular weight excluding hydrogens is 216 g/mol. The highest BCUT2D eigenvalue weighted by atomic mass is 35.5. The molecule has 0 bridgehead atoms. The second-order valence-corrected chi connectivity index (χ2v) is 3.55. The Bertz CT molecular complexity index is 320. The monoisotopic (exact) mass is 230 g/mol. The standard InChI is InChI=1S/C10H15ClN2O2/c1-12-8(3-5-14)7-2-4-13-9(6-15)10(7)11/h2,4,8,12,14-15H,3,5-6H2,1H3. The molecule has 0 fully saturated rings. The zero-order valence-electron chi connectivity index (χ0n) is 8.57. The molecular formula is C10H15ClN2O2. The van der Waals surface area contributed by atoms with Gasteiger partial charge in [0.15, 0.2) is 0 Å². The van der Waals surface area contributed by atoms with Crippen molar-refractivity contribution in [2.45, 2.75) is 19.1 Å². The fraction of sp³-hybridized carbons (Fsp3) is 0.500. The van der Waals surface area contributed by atoms with Gasteiger partial charge in [-0.25, -0.2) is 0 Å². The van der Waals surface area contributed by atoms with Gasteiger partial charge in [-0.2, -0.15) is 0 Å². The van der Waals surface area contributed by atoms with Crippen molar-refractivity contribution >= 4 is 11.6 Å². The van der Waals surface area contributed by atoms with Gasteiger partial charge in [-0.3, -0.25) is 4.98 Å². The highest BCUT2D eigenvalue weighted by Crippen LogP contribution is 2.26. The molecule has 1 aromatic rings. The third-order valence-electron chi connectivity index (χ3n) is 2.28. The van der Waals surface area contributed by atoms with Crippen LogP contribution in [-0.2, 0) is 6.61 Å². The molecule has 15 heavy (non-hydrogen) atoms. The van der Waals surface area contributed by atoms with Crippen LogP contribution in [0.4, 0.5) is 0 Å². The van der Waals surface area contributed by atoms with E-state index in [-0.39, 0.29) is 19.3 Å². The van der Waals surface area contributed by atoms with Gasteiger partial charge in [0.1, 0.15) is 0 Å². The van der Waals surface area contributed by atoms with Crippen LogP contribution in [0.1, 0.15) is 23.7 Å². The van der Waals surface area contributed by atoms with Crippen molar-refractivity contribution in [3.05, 3.63) is 28.5 Å². The SMILES string of the molecule is CNC(CCO)c1ccnc(CO)c1Cl. The number of pyridine rings is 1. The lowest BCUT2D eigenvalue weighted by atomic mass is 10.0. The number of aliphatic hydroxyl groups excluding tert-OH is 2. The molecule has 4 nitrogen and oxygen atoms in total. The van der Waals surface area contributed by atoms with E-state index in [1.54, 1.807) is 19.3 Å². The topological polar surface area (TPSA) is 65.4 Å². The maximum absolute atomic E-state index is 9.01. The summed E-state index contributed by atoms with van der Waals surface area (Å²) < 4.78 is 0. The summed E-state index contributed by atoms with van der Waals surface area (Å²) in [6.07, 6.45) is 2.18. The van der Waals surface area contributed by atoms with Crippen LogP contribution in [0.5, 0.6) is 0 Å². The molecule has 1 atom stereocenters. The van der Waals surface area contributed by atoms with Crippen LogP contribution in [0.2, 0.25) is 5.02 Å². The summed E-state index contributed by atoms with van der Waals surface area (Å²) in [5.74, 6) is 0. The normalized spacial score (nSPS) is 12.8. The van der Waals surface area contributed by atoms with E-state index < -0.39 is 0 Å². The minimum Gasteiger partial charge on any atom is -0.396 e. The number of hydrogen-bond acceptors (Lipinski definition) is 4. The van der Waals surface area contributed by atoms with Crippen molar-refractivity contribution in [3.8, 4) is 0 Å². The van der Waals surface area contributed by atoms with Gasteiger partial charge in [0, 0.05) is 18.8 Å². The molecule has 0 aromatic carbocycles. The molecule has 0 saturated heterocycles. The largest absolute Gasteiger partial charge is 0.396 e. The minimum absolute atomic E-state index is 0.0178. The van der Waals surface area contributed by atoms with Crippen LogP contribution < -0.4 is 5.32 Å². The summed E-state index contributed by atoms with van der Waals surface area (Å²) in [5, 5.41) is 21.4. The van der Waals surface area contributed by atoms with E-state index in [1.807, 2.05) is 0 Å². The van der Waals surface area contributed by atoms with Crippen molar-refractivity contribution in [2.24, 2.45) is 0 Å². The lowest BCUT2D eigenvalue weighted by Gasteiger charge is -2.17. The van der Waals surface area contributed by atoms with Crippen LogP contribution >= 0.6 is 11.6 Å². The number of halogens is 1. The zero-order chi connectivity index (χ0) is 11.3. The molecule has 0 aliphatic rings. The maximum atomic E-state index is 9.01. The summed E-state index contributed by atoms with van der Waals surface area (Å²) in [6.45, 7) is -0.0964. The summed E-state index contributed by atoms with van der Waals surface area (Å²) in [6, 6.07) is 1.77. The smallest absolute Gasteiger partial charge is 0.0868 e. The van der Waals surface area contributed by atoms with E-state index in [1.165, 1.54) is 0 Å². The van der Waals surface area contributed by atoms with Gasteiger partial charge in [-0.15, -0.1) is 0 Å². The molecule has 84 valence electrons. The Balaban J connectivity index is 3.01. The van der Waals surface area contributed by atoms with Crippen LogP contribution in [0.3, 0.4) is 0 Å². The van der Waals surface area contributed by atoms with Crippen molar-refractivity contribution in [2.75, 3.05) is 13.7 Å². The molecule has 0 radical (unpaired) electrons. The summed E-state index contributed by atoms with van der Waals surface area (Å²) >= 11 is 6.07. The molecule has 3 N–H and O–H groups in total. The van der Waals surface area contributed by atoms with Gasteiger partial charge in [0.2, 0.25) is 0 Å². The van der Waals surface area contributed by atoms with E-state index >= 15 is 0 Å². The molecule has 1 rings (SSSR count). The van der Waals surface area contributed by atoms with Gasteiger partial charge < -0.3 is 15.5 Å². The summed E-state index contributed by atoms with van der Waals surface area (Å²) in [5.41, 5.74) is 1.32. The maximum Gasteiger partial charge on any atom is 0.0868 e. The van der Waals surface area contributed by atoms with Crippen molar-refractivity contribution in [3.63, 3.8) is 0 Å². The molecule has 1 heterocycles. The first-order valence-corrected chi connectivity index (χ1v) is 5.14. The molecule has 0 aliphatic heterocycles. The second kappa shape index (κ2) is 6.02. The van der Waals surface area contributed by atoms with Gasteiger partial charge in [0.25, 0.3) is 0 Å². The second-order valence-electron chi connectivity index (χ2n) is 3.17. The fourth-order valence-electron chi connectivity index (χ4n) is 1.47. The highest BCUT2D eigenvalue weighted by Gasteiger charge is 2.14. The number of nitrogens with zero attached hydrogens (tertiary/aromatic N) is 1. The highest BCUT2D eigenvalue weighted by molar-refractivity contribution is 6.32. The lowest BCUT2D eigenvalue weighted by Crippen LogP contribution is -2.18. The van der Waals surface area contributed by atoms with E-state index in [9.17, 15) is 0 Å². The van der Waals surface area contributed by atoms with Crippen LogP contribution in [0.15, 0.2) is 12.3 Å². The number of nitrogens with one attached hydrogen (secondary N) is 1. The average molecular weight is 231 g/mol. The lowest BCUT2D eigenvalue weighted by molar-refractivity contribution is 0.267. The summed E-state index contributed by atoms with van der Waals surface area (Å²) in [4.78, 5) is 3.96. The first kappa shape index (κ1) is 12.4. The molecule has 1 unspecified atom stereocenters.